The van der Waals surface area contributed by atoms with E-state index in [1.807, 2.05) is 137 Å². The van der Waals surface area contributed by atoms with Gasteiger partial charge in [-0.05, 0) is 64.5 Å². The molecule has 252 valence electrons. The number of aliphatic hydroxyl groups is 2. The first kappa shape index (κ1) is 35.4. The molecule has 0 bridgehead atoms. The van der Waals surface area contributed by atoms with Gasteiger partial charge in [-0.25, -0.2) is 0 Å². The molecule has 2 N–H and O–H groups in total. The minimum atomic E-state index is -0.773. The van der Waals surface area contributed by atoms with E-state index < -0.39 is 11.2 Å². The van der Waals surface area contributed by atoms with E-state index in [0.29, 0.717) is 25.7 Å². The first-order valence-corrected chi connectivity index (χ1v) is 17.2. The lowest BCUT2D eigenvalue weighted by Gasteiger charge is -2.40. The third kappa shape index (κ3) is 8.37. The van der Waals surface area contributed by atoms with Crippen LogP contribution >= 0.6 is 0 Å². The number of hydrogen-bond acceptors (Lipinski definition) is 6. The number of piperidine rings is 2. The Morgan fingerprint density at radius 2 is 0.812 bits per heavy atom. The van der Waals surface area contributed by atoms with Gasteiger partial charge in [-0.15, -0.1) is 0 Å². The largest absolute Gasteiger partial charge is 0.385 e. The molecule has 0 unspecified atom stereocenters. The van der Waals surface area contributed by atoms with Crippen LogP contribution in [0.1, 0.15) is 82.5 Å². The Morgan fingerprint density at radius 1 is 0.521 bits per heavy atom. The number of carbonyl (C=O) groups is 2. The molecule has 4 aromatic rings. The maximum atomic E-state index is 12.7. The molecule has 2 aliphatic heterocycles. The smallest absolute Gasteiger partial charge is 0.179 e. The van der Waals surface area contributed by atoms with Crippen molar-refractivity contribution in [3.8, 4) is 0 Å². The van der Waals surface area contributed by atoms with Crippen molar-refractivity contribution < 1.29 is 19.8 Å². The number of Topliss-reactive ketones (excluding diaryl/α,β-unsaturated/α-hetero) is 2. The van der Waals surface area contributed by atoms with E-state index in [2.05, 4.69) is 9.80 Å². The summed E-state index contributed by atoms with van der Waals surface area (Å²) in [6.45, 7) is 10.9. The zero-order valence-corrected chi connectivity index (χ0v) is 28.8. The lowest BCUT2D eigenvalue weighted by molar-refractivity contribution is -0.0320. The molecule has 2 heterocycles. The van der Waals surface area contributed by atoms with Crippen molar-refractivity contribution in [3.05, 3.63) is 143 Å². The molecular weight excluding hydrogens is 596 g/mol. The minimum absolute atomic E-state index is 0.153. The molecule has 0 aliphatic carbocycles. The van der Waals surface area contributed by atoms with E-state index in [9.17, 15) is 19.8 Å². The van der Waals surface area contributed by atoms with E-state index in [1.165, 1.54) is 0 Å². The van der Waals surface area contributed by atoms with Crippen LogP contribution in [0.5, 0.6) is 0 Å². The minimum Gasteiger partial charge on any atom is -0.385 e. The highest BCUT2D eigenvalue weighted by molar-refractivity contribution is 6.00. The Morgan fingerprint density at radius 3 is 1.10 bits per heavy atom. The fourth-order valence-corrected chi connectivity index (χ4v) is 6.89. The van der Waals surface area contributed by atoms with E-state index in [0.717, 1.165) is 59.6 Å². The predicted octanol–water partition coefficient (Wildman–Crippen LogP) is 7.10. The van der Waals surface area contributed by atoms with Gasteiger partial charge in [0, 0.05) is 37.3 Å². The summed E-state index contributed by atoms with van der Waals surface area (Å²) in [6, 6.07) is 34.9. The molecule has 0 radical (unpaired) electrons. The molecule has 48 heavy (non-hydrogen) atoms. The van der Waals surface area contributed by atoms with Crippen LogP contribution in [0.15, 0.2) is 109 Å². The van der Waals surface area contributed by atoms with Crippen molar-refractivity contribution in [2.45, 2.75) is 76.7 Å². The number of carbonyl (C=O) groups excluding carboxylic acids is 2. The van der Waals surface area contributed by atoms with Crippen molar-refractivity contribution in [2.75, 3.05) is 26.2 Å². The average Bonchev–Trinajstić information content (AvgIpc) is 3.13. The molecule has 0 amide bonds. The molecule has 6 nitrogen and oxygen atoms in total. The highest BCUT2D eigenvalue weighted by Crippen LogP contribution is 2.34. The molecule has 0 spiro atoms. The van der Waals surface area contributed by atoms with E-state index in [-0.39, 0.29) is 23.7 Å². The highest BCUT2D eigenvalue weighted by Gasteiger charge is 2.37. The molecule has 0 saturated carbocycles. The monoisotopic (exact) mass is 646 g/mol. The third-order valence-corrected chi connectivity index (χ3v) is 10.4. The first-order valence-electron chi connectivity index (χ1n) is 17.2. The van der Waals surface area contributed by atoms with Crippen LogP contribution in [0.4, 0.5) is 0 Å². The summed E-state index contributed by atoms with van der Waals surface area (Å²) >= 11 is 0. The van der Waals surface area contributed by atoms with Gasteiger partial charge in [-0.1, -0.05) is 120 Å². The number of benzene rings is 4. The second kappa shape index (κ2) is 15.5. The lowest BCUT2D eigenvalue weighted by Crippen LogP contribution is -2.48. The van der Waals surface area contributed by atoms with Crippen LogP contribution in [-0.2, 0) is 11.2 Å². The average molecular weight is 647 g/mol. The predicted molar refractivity (Wildman–Crippen MR) is 192 cm³/mol. The van der Waals surface area contributed by atoms with Crippen LogP contribution in [0.25, 0.3) is 0 Å². The van der Waals surface area contributed by atoms with Gasteiger partial charge in [-0.3, -0.25) is 19.4 Å². The van der Waals surface area contributed by atoms with E-state index in [4.69, 9.17) is 0 Å². The standard InChI is InChI=1S/2C21H25NO2/c2*1-16-8-10-18(11-9-16)20(23)17(2)22-14-12-21(24,13-15-22)19-6-4-3-5-7-19/h2*3-11,17,24H,12-15H2,1-2H3/t2*17-/m11/s1. The van der Waals surface area contributed by atoms with E-state index >= 15 is 0 Å². The number of nitrogens with zero attached hydrogens (tertiary/aromatic N) is 2. The van der Waals surface area contributed by atoms with Gasteiger partial charge < -0.3 is 10.2 Å². The topological polar surface area (TPSA) is 81.1 Å². The molecule has 2 atom stereocenters. The summed E-state index contributed by atoms with van der Waals surface area (Å²) in [7, 11) is 0. The molecule has 2 fully saturated rings. The zero-order chi connectivity index (χ0) is 34.3. The first-order chi connectivity index (χ1) is 23.0. The van der Waals surface area contributed by atoms with Gasteiger partial charge in [0.2, 0.25) is 0 Å². The molecule has 6 rings (SSSR count). The third-order valence-electron chi connectivity index (χ3n) is 10.4. The van der Waals surface area contributed by atoms with Gasteiger partial charge in [-0.2, -0.15) is 0 Å². The van der Waals surface area contributed by atoms with Gasteiger partial charge in [0.05, 0.1) is 23.3 Å². The molecule has 4 aromatic carbocycles. The van der Waals surface area contributed by atoms with Crippen molar-refractivity contribution in [1.82, 2.24) is 9.80 Å². The van der Waals surface area contributed by atoms with Gasteiger partial charge in [0.15, 0.2) is 11.6 Å². The van der Waals surface area contributed by atoms with Crippen LogP contribution in [0, 0.1) is 13.8 Å². The lowest BCUT2D eigenvalue weighted by atomic mass is 9.84. The normalized spacial score (nSPS) is 19.0. The molecule has 2 saturated heterocycles. The Balaban J connectivity index is 0.000000188. The van der Waals surface area contributed by atoms with Crippen LogP contribution in [0.2, 0.25) is 0 Å². The Hall–Kier alpha value is -3.94. The number of likely N-dealkylation sites (tertiary alicyclic amines) is 2. The fraction of sp³-hybridized carbons (Fsp3) is 0.381. The summed E-state index contributed by atoms with van der Waals surface area (Å²) in [4.78, 5) is 29.7. The summed E-state index contributed by atoms with van der Waals surface area (Å²) in [5.74, 6) is 0.306. The second-order valence-corrected chi connectivity index (χ2v) is 13.7. The Kier molecular flexibility index (Phi) is 11.4. The van der Waals surface area contributed by atoms with Gasteiger partial charge in [0.1, 0.15) is 0 Å². The van der Waals surface area contributed by atoms with Crippen LogP contribution < -0.4 is 0 Å². The van der Waals surface area contributed by atoms with Crippen LogP contribution in [-0.4, -0.2) is 69.8 Å². The maximum absolute atomic E-state index is 12.7. The van der Waals surface area contributed by atoms with Gasteiger partial charge in [0.25, 0.3) is 0 Å². The summed E-state index contributed by atoms with van der Waals surface area (Å²) < 4.78 is 0. The van der Waals surface area contributed by atoms with Crippen molar-refractivity contribution in [2.24, 2.45) is 0 Å². The number of ketones is 2. The summed E-state index contributed by atoms with van der Waals surface area (Å²) in [5, 5.41) is 21.8. The Labute approximate surface area is 286 Å². The quantitative estimate of drug-likeness (QED) is 0.199. The van der Waals surface area contributed by atoms with Crippen molar-refractivity contribution >= 4 is 11.6 Å². The van der Waals surface area contributed by atoms with E-state index in [1.54, 1.807) is 0 Å². The Bertz CT molecular complexity index is 1500. The number of rotatable bonds is 8. The van der Waals surface area contributed by atoms with Crippen molar-refractivity contribution in [3.63, 3.8) is 0 Å². The SMILES string of the molecule is Cc1ccc(C(=O)[C@@H](C)N2CCC(O)(c3ccccc3)CC2)cc1.Cc1ccc(C(=O)[C@@H](C)N2CCC(O)(c3ccccc3)CC2)cc1. The van der Waals surface area contributed by atoms with Crippen LogP contribution in [0.3, 0.4) is 0 Å². The summed E-state index contributed by atoms with van der Waals surface area (Å²) in [5.41, 5.74) is 4.24. The number of hydrogen-bond donors (Lipinski definition) is 2. The second-order valence-electron chi connectivity index (χ2n) is 13.7. The molecule has 2 aliphatic rings. The zero-order valence-electron chi connectivity index (χ0n) is 28.8. The fourth-order valence-electron chi connectivity index (χ4n) is 6.89. The summed E-state index contributed by atoms with van der Waals surface area (Å²) in [6.07, 6.45) is 2.62. The molecule has 0 aromatic heterocycles. The molecule has 6 heteroatoms. The maximum Gasteiger partial charge on any atom is 0.179 e. The van der Waals surface area contributed by atoms with Gasteiger partial charge >= 0.3 is 0 Å². The number of aryl methyl sites for hydroxylation is 2. The molecular formula is C42H50N2O4. The highest BCUT2D eigenvalue weighted by atomic mass is 16.3. The van der Waals surface area contributed by atoms with Crippen molar-refractivity contribution in [1.29, 1.82) is 0 Å².